The van der Waals surface area contributed by atoms with Crippen LogP contribution in [0.25, 0.3) is 5.69 Å². The lowest BCUT2D eigenvalue weighted by atomic mass is 9.92. The lowest BCUT2D eigenvalue weighted by molar-refractivity contribution is -0.117. The molecule has 2 N–H and O–H groups in total. The summed E-state index contributed by atoms with van der Waals surface area (Å²) in [7, 11) is 0. The monoisotopic (exact) mass is 473 g/mol. The molecule has 1 aliphatic rings. The largest absolute Gasteiger partial charge is 0.335 e. The number of carbonyl (C=O) groups excluding carboxylic acids is 2. The van der Waals surface area contributed by atoms with Crippen LogP contribution in [0.4, 0.5) is 10.6 Å². The third kappa shape index (κ3) is 6.73. The van der Waals surface area contributed by atoms with Gasteiger partial charge in [0.2, 0.25) is 5.91 Å². The molecule has 0 spiro atoms. The third-order valence-corrected chi connectivity index (χ3v) is 6.20. The number of anilines is 1. The highest BCUT2D eigenvalue weighted by Gasteiger charge is 2.25. The molecule has 0 aliphatic heterocycles. The van der Waals surface area contributed by atoms with Crippen molar-refractivity contribution in [2.75, 3.05) is 11.9 Å². The first-order chi connectivity index (χ1) is 15.5. The maximum absolute atomic E-state index is 13.0. The van der Waals surface area contributed by atoms with Crippen LogP contribution in [0, 0.1) is 0 Å². The van der Waals surface area contributed by atoms with Crippen LogP contribution in [0.3, 0.4) is 0 Å². The fraction of sp³-hybridized carbons (Fsp3) is 0.560. The molecule has 8 heteroatoms. The highest BCUT2D eigenvalue weighted by molar-refractivity contribution is 6.30. The number of urea groups is 1. The van der Waals surface area contributed by atoms with Crippen molar-refractivity contribution in [3.8, 4) is 5.69 Å². The van der Waals surface area contributed by atoms with Crippen LogP contribution in [0.15, 0.2) is 30.3 Å². The average molecular weight is 474 g/mol. The van der Waals surface area contributed by atoms with Crippen LogP contribution in [0.1, 0.15) is 72.4 Å². The minimum Gasteiger partial charge on any atom is -0.335 e. The van der Waals surface area contributed by atoms with Crippen molar-refractivity contribution < 1.29 is 9.59 Å². The molecule has 1 saturated carbocycles. The highest BCUT2D eigenvalue weighted by Crippen LogP contribution is 2.27. The zero-order valence-electron chi connectivity index (χ0n) is 20.3. The van der Waals surface area contributed by atoms with E-state index in [2.05, 4.69) is 31.4 Å². The van der Waals surface area contributed by atoms with Gasteiger partial charge in [0, 0.05) is 28.6 Å². The van der Waals surface area contributed by atoms with Crippen molar-refractivity contribution in [1.82, 2.24) is 20.0 Å². The average Bonchev–Trinajstić information content (AvgIpc) is 3.17. The third-order valence-electron chi connectivity index (χ3n) is 5.95. The van der Waals surface area contributed by atoms with E-state index in [1.807, 2.05) is 32.0 Å². The van der Waals surface area contributed by atoms with E-state index < -0.39 is 0 Å². The van der Waals surface area contributed by atoms with Gasteiger partial charge in [-0.1, -0.05) is 51.6 Å². The summed E-state index contributed by atoms with van der Waals surface area (Å²) in [6.45, 7) is 10.0. The first kappa shape index (κ1) is 25.1. The minimum absolute atomic E-state index is 0.0349. The van der Waals surface area contributed by atoms with E-state index in [9.17, 15) is 9.59 Å². The van der Waals surface area contributed by atoms with Gasteiger partial charge in [-0.3, -0.25) is 4.79 Å². The first-order valence-corrected chi connectivity index (χ1v) is 12.2. The summed E-state index contributed by atoms with van der Waals surface area (Å²) >= 11 is 6.04. The van der Waals surface area contributed by atoms with E-state index in [0.717, 1.165) is 37.1 Å². The maximum atomic E-state index is 13.0. The lowest BCUT2D eigenvalue weighted by Gasteiger charge is -2.30. The standard InChI is InChI=1S/C25H36ClN5O2/c1-17(2)30(24(33)27-19-9-7-6-8-10-19)16-23(32)28-22-15-21(25(3,4)5)29-31(22)20-13-11-18(26)12-14-20/h11-15,17,19H,6-10,16H2,1-5H3,(H,27,33)(H,28,32). The number of halogens is 1. The molecule has 2 aromatic rings. The number of hydrogen-bond donors (Lipinski definition) is 2. The Bertz CT molecular complexity index is 956. The summed E-state index contributed by atoms with van der Waals surface area (Å²) in [6.07, 6.45) is 5.50. The maximum Gasteiger partial charge on any atom is 0.318 e. The van der Waals surface area contributed by atoms with Crippen LogP contribution in [0.5, 0.6) is 0 Å². The van der Waals surface area contributed by atoms with Gasteiger partial charge in [-0.05, 0) is 51.0 Å². The molecular formula is C25H36ClN5O2. The van der Waals surface area contributed by atoms with E-state index in [-0.39, 0.29) is 36.0 Å². The molecule has 1 aromatic carbocycles. The second-order valence-electron chi connectivity index (χ2n) is 10.1. The number of carbonyl (C=O) groups is 2. The fourth-order valence-electron chi connectivity index (χ4n) is 3.95. The fourth-order valence-corrected chi connectivity index (χ4v) is 4.07. The molecule has 1 aliphatic carbocycles. The molecule has 0 radical (unpaired) electrons. The Hall–Kier alpha value is -2.54. The van der Waals surface area contributed by atoms with Gasteiger partial charge in [0.05, 0.1) is 11.4 Å². The molecule has 0 bridgehead atoms. The molecular weight excluding hydrogens is 438 g/mol. The number of hydrogen-bond acceptors (Lipinski definition) is 3. The van der Waals surface area contributed by atoms with E-state index in [4.69, 9.17) is 16.7 Å². The van der Waals surface area contributed by atoms with Crippen LogP contribution < -0.4 is 10.6 Å². The molecule has 7 nitrogen and oxygen atoms in total. The Morgan fingerprint density at radius 1 is 1.15 bits per heavy atom. The second-order valence-corrected chi connectivity index (χ2v) is 10.5. The normalized spacial score (nSPS) is 14.9. The number of nitrogens with zero attached hydrogens (tertiary/aromatic N) is 3. The Labute approximate surface area is 201 Å². The molecule has 1 fully saturated rings. The van der Waals surface area contributed by atoms with Gasteiger partial charge in [0.25, 0.3) is 0 Å². The van der Waals surface area contributed by atoms with E-state index in [0.29, 0.717) is 10.8 Å². The molecule has 0 unspecified atom stereocenters. The molecule has 3 rings (SSSR count). The summed E-state index contributed by atoms with van der Waals surface area (Å²) < 4.78 is 1.70. The number of nitrogens with one attached hydrogen (secondary N) is 2. The van der Waals surface area contributed by atoms with Gasteiger partial charge in [-0.2, -0.15) is 5.10 Å². The molecule has 1 aromatic heterocycles. The van der Waals surface area contributed by atoms with Crippen LogP contribution in [-0.4, -0.2) is 45.2 Å². The summed E-state index contributed by atoms with van der Waals surface area (Å²) in [5.41, 5.74) is 1.45. The van der Waals surface area contributed by atoms with Gasteiger partial charge in [-0.15, -0.1) is 0 Å². The van der Waals surface area contributed by atoms with E-state index in [1.165, 1.54) is 6.42 Å². The summed E-state index contributed by atoms with van der Waals surface area (Å²) in [4.78, 5) is 27.5. The van der Waals surface area contributed by atoms with Gasteiger partial charge < -0.3 is 15.5 Å². The quantitative estimate of drug-likeness (QED) is 0.580. The second kappa shape index (κ2) is 10.6. The number of rotatable bonds is 6. The Morgan fingerprint density at radius 3 is 2.36 bits per heavy atom. The first-order valence-electron chi connectivity index (χ1n) is 11.8. The molecule has 0 atom stereocenters. The SMILES string of the molecule is CC(C)N(CC(=O)Nc1cc(C(C)(C)C)nn1-c1ccc(Cl)cc1)C(=O)NC1CCCCC1. The Kier molecular flexibility index (Phi) is 8.05. The van der Waals surface area contributed by atoms with Crippen LogP contribution >= 0.6 is 11.6 Å². The van der Waals surface area contributed by atoms with Crippen molar-refractivity contribution in [3.05, 3.63) is 41.0 Å². The predicted molar refractivity (Wildman–Crippen MR) is 133 cm³/mol. The molecule has 1 heterocycles. The van der Waals surface area contributed by atoms with Gasteiger partial charge in [0.1, 0.15) is 12.4 Å². The lowest BCUT2D eigenvalue weighted by Crippen LogP contribution is -2.50. The molecule has 180 valence electrons. The van der Waals surface area contributed by atoms with Crippen molar-refractivity contribution in [2.45, 2.75) is 84.2 Å². The van der Waals surface area contributed by atoms with E-state index in [1.54, 1.807) is 21.7 Å². The summed E-state index contributed by atoms with van der Waals surface area (Å²) in [5, 5.41) is 11.4. The summed E-state index contributed by atoms with van der Waals surface area (Å²) in [5.74, 6) is 0.293. The number of amides is 3. The van der Waals surface area contributed by atoms with Crippen LogP contribution in [0.2, 0.25) is 5.02 Å². The number of aromatic nitrogens is 2. The molecule has 0 saturated heterocycles. The zero-order chi connectivity index (χ0) is 24.2. The van der Waals surface area contributed by atoms with Crippen molar-refractivity contribution >= 4 is 29.4 Å². The van der Waals surface area contributed by atoms with Gasteiger partial charge in [-0.25, -0.2) is 9.48 Å². The Morgan fingerprint density at radius 2 is 1.79 bits per heavy atom. The highest BCUT2D eigenvalue weighted by atomic mass is 35.5. The molecule has 33 heavy (non-hydrogen) atoms. The van der Waals surface area contributed by atoms with Crippen molar-refractivity contribution in [3.63, 3.8) is 0 Å². The van der Waals surface area contributed by atoms with Gasteiger partial charge in [0.15, 0.2) is 0 Å². The zero-order valence-corrected chi connectivity index (χ0v) is 21.1. The topological polar surface area (TPSA) is 79.3 Å². The Balaban J connectivity index is 1.76. The van der Waals surface area contributed by atoms with Gasteiger partial charge >= 0.3 is 6.03 Å². The minimum atomic E-state index is -0.266. The molecule has 3 amide bonds. The van der Waals surface area contributed by atoms with Crippen molar-refractivity contribution in [2.24, 2.45) is 0 Å². The predicted octanol–water partition coefficient (Wildman–Crippen LogP) is 5.51. The number of benzene rings is 1. The van der Waals surface area contributed by atoms with Crippen molar-refractivity contribution in [1.29, 1.82) is 0 Å². The smallest absolute Gasteiger partial charge is 0.318 e. The summed E-state index contributed by atoms with van der Waals surface area (Å²) in [6, 6.07) is 9.07. The van der Waals surface area contributed by atoms with E-state index >= 15 is 0 Å². The van der Waals surface area contributed by atoms with Crippen LogP contribution in [-0.2, 0) is 10.2 Å².